The van der Waals surface area contributed by atoms with Gasteiger partial charge in [0, 0.05) is 112 Å². The van der Waals surface area contributed by atoms with Crippen LogP contribution >= 0.6 is 11.3 Å². The third-order valence-corrected chi connectivity index (χ3v) is 30.2. The number of benzene rings is 12. The van der Waals surface area contributed by atoms with E-state index in [0.29, 0.717) is 108 Å². The highest BCUT2D eigenvalue weighted by Gasteiger charge is 2.40. The number of rotatable bonds is 20. The number of aryl methyl sites for hydroxylation is 5. The Hall–Kier alpha value is -14.9. The topological polar surface area (TPSA) is 153 Å². The number of hydrogen-bond donors (Lipinski definition) is 0. The van der Waals surface area contributed by atoms with E-state index in [4.69, 9.17) is 19.9 Å². The molecule has 29 heteroatoms. The maximum absolute atomic E-state index is 14.2. The van der Waals surface area contributed by atoms with Gasteiger partial charge in [0.25, 0.3) is 22.2 Å². The molecule has 768 valence electrons. The SMILES string of the molecule is Cc1c(CN2CCc3nc(C)n(C(c4ccccc4)c4ccccc4)c(=O)c3C2)sc2ccccc12.Cc1nc2c(c(=O)n1C(c1ccc(F)cc1)c1ccc(F)cc1)CN(C(C)c1ccc(C(F)(F)F)cc1)CC2.Cc1nc2c(c(=O)n1C(c1ccccc1)c1ccccc1)CN(C(C)c1ccc(C(F)(F)F)cc1)CC2C.Cc1nc2c(c(=O)n1C(c1ccccc1)c1ccccc1)CN(Cc1ccc(C(F)(F)F)c(F)c1)CC2. The second kappa shape index (κ2) is 44.9. The van der Waals surface area contributed by atoms with Gasteiger partial charge in [-0.3, -0.25) is 57.0 Å². The van der Waals surface area contributed by atoms with Crippen LogP contribution in [0.15, 0.2) is 341 Å². The molecule has 12 aromatic carbocycles. The molecule has 0 N–H and O–H groups in total. The van der Waals surface area contributed by atoms with Crippen molar-refractivity contribution in [2.45, 2.75) is 175 Å². The van der Waals surface area contributed by atoms with Gasteiger partial charge in [-0.05, 0) is 187 Å². The van der Waals surface area contributed by atoms with Crippen LogP contribution in [0.25, 0.3) is 10.1 Å². The highest BCUT2D eigenvalue weighted by molar-refractivity contribution is 7.19. The third kappa shape index (κ3) is 23.0. The summed E-state index contributed by atoms with van der Waals surface area (Å²) in [7, 11) is 0. The second-order valence-electron chi connectivity index (χ2n) is 38.7. The smallest absolute Gasteiger partial charge is 0.294 e. The number of alkyl halides is 9. The molecule has 4 aliphatic heterocycles. The summed E-state index contributed by atoms with van der Waals surface area (Å²) in [5.74, 6) is 0.377. The van der Waals surface area contributed by atoms with Crippen molar-refractivity contribution in [1.29, 1.82) is 0 Å². The first kappa shape index (κ1) is 105. The minimum atomic E-state index is -4.74. The average molecular weight is 2060 g/mol. The fourth-order valence-corrected chi connectivity index (χ4v) is 22.4. The average Bonchev–Trinajstić information content (AvgIpc) is 0.906. The van der Waals surface area contributed by atoms with E-state index in [1.807, 2.05) is 225 Å². The van der Waals surface area contributed by atoms with Crippen molar-refractivity contribution >= 4 is 21.4 Å². The first-order valence-corrected chi connectivity index (χ1v) is 50.7. The zero-order valence-electron chi connectivity index (χ0n) is 83.8. The Labute approximate surface area is 864 Å². The molecule has 150 heavy (non-hydrogen) atoms. The van der Waals surface area contributed by atoms with Crippen LogP contribution in [0.4, 0.5) is 52.7 Å². The highest BCUT2D eigenvalue weighted by Crippen LogP contribution is 2.42. The number of hydrogen-bond acceptors (Lipinski definition) is 13. The quantitative estimate of drug-likeness (QED) is 0.0668. The van der Waals surface area contributed by atoms with Crippen molar-refractivity contribution in [3.05, 3.63) is 537 Å². The first-order valence-electron chi connectivity index (χ1n) is 49.8. The summed E-state index contributed by atoms with van der Waals surface area (Å²) in [4.78, 5) is 85.7. The van der Waals surface area contributed by atoms with E-state index in [1.165, 1.54) is 75.1 Å². The molecule has 0 aliphatic carbocycles. The lowest BCUT2D eigenvalue weighted by molar-refractivity contribution is -0.140. The molecule has 9 heterocycles. The molecule has 0 amide bonds. The summed E-state index contributed by atoms with van der Waals surface area (Å²) in [6, 6.07) is 91.5. The molecule has 0 spiro atoms. The molecule has 21 rings (SSSR count). The van der Waals surface area contributed by atoms with E-state index < -0.39 is 58.7 Å². The highest BCUT2D eigenvalue weighted by atomic mass is 32.1. The molecule has 3 unspecified atom stereocenters. The van der Waals surface area contributed by atoms with Crippen molar-refractivity contribution in [2.75, 3.05) is 26.2 Å². The third-order valence-electron chi connectivity index (χ3n) is 28.9. The van der Waals surface area contributed by atoms with Gasteiger partial charge in [-0.25, -0.2) is 33.1 Å². The van der Waals surface area contributed by atoms with Crippen LogP contribution in [0, 0.1) is 52.1 Å². The van der Waals surface area contributed by atoms with Crippen LogP contribution in [0.3, 0.4) is 0 Å². The van der Waals surface area contributed by atoms with Gasteiger partial charge < -0.3 is 0 Å². The number of aromatic nitrogens is 8. The van der Waals surface area contributed by atoms with Gasteiger partial charge in [0.1, 0.15) is 40.7 Å². The number of halogens is 12. The van der Waals surface area contributed by atoms with Crippen LogP contribution in [0.5, 0.6) is 0 Å². The lowest BCUT2D eigenvalue weighted by Gasteiger charge is -2.37. The summed E-state index contributed by atoms with van der Waals surface area (Å²) in [5, 5.41) is 1.34. The van der Waals surface area contributed by atoms with E-state index in [2.05, 4.69) is 65.3 Å². The fraction of sp³-hybridized carbons (Fsp3) is 0.256. The van der Waals surface area contributed by atoms with Crippen molar-refractivity contribution in [3.8, 4) is 0 Å². The summed E-state index contributed by atoms with van der Waals surface area (Å²) in [6.07, 6.45) is -11.7. The Morgan fingerprint density at radius 3 is 1.03 bits per heavy atom. The van der Waals surface area contributed by atoms with Crippen molar-refractivity contribution < 1.29 is 52.7 Å². The molecule has 0 fully saturated rings. The van der Waals surface area contributed by atoms with Gasteiger partial charge in [0.05, 0.1) is 85.9 Å². The molecule has 3 atom stereocenters. The van der Waals surface area contributed by atoms with E-state index >= 15 is 0 Å². The van der Waals surface area contributed by atoms with Crippen LogP contribution in [-0.4, -0.2) is 84.0 Å². The maximum Gasteiger partial charge on any atom is 0.419 e. The minimum absolute atomic E-state index is 0.00333. The largest absolute Gasteiger partial charge is 0.419 e. The normalized spacial score (nSPS) is 14.9. The zero-order chi connectivity index (χ0) is 106. The Balaban J connectivity index is 0.000000131. The summed E-state index contributed by atoms with van der Waals surface area (Å²) < 4.78 is 167. The lowest BCUT2D eigenvalue weighted by atomic mass is 9.93. The minimum Gasteiger partial charge on any atom is -0.294 e. The molecule has 0 bridgehead atoms. The monoisotopic (exact) mass is 2050 g/mol. The summed E-state index contributed by atoms with van der Waals surface area (Å²) >= 11 is 1.87. The Kier molecular flexibility index (Phi) is 31.4. The predicted octanol–water partition coefficient (Wildman–Crippen LogP) is 25.7. The Bertz CT molecular complexity index is 7760. The number of nitrogens with zero attached hydrogens (tertiary/aromatic N) is 12. The van der Waals surface area contributed by atoms with Crippen molar-refractivity contribution in [1.82, 2.24) is 57.8 Å². The molecular weight excluding hydrogens is 1950 g/mol. The van der Waals surface area contributed by atoms with Crippen molar-refractivity contribution in [2.24, 2.45) is 0 Å². The van der Waals surface area contributed by atoms with E-state index in [1.54, 1.807) is 44.9 Å². The lowest BCUT2D eigenvalue weighted by Crippen LogP contribution is -2.42. The predicted molar refractivity (Wildman–Crippen MR) is 560 cm³/mol. The molecule has 0 radical (unpaired) electrons. The van der Waals surface area contributed by atoms with E-state index in [-0.39, 0.29) is 78.0 Å². The van der Waals surface area contributed by atoms with Crippen molar-refractivity contribution in [3.63, 3.8) is 0 Å². The van der Waals surface area contributed by atoms with Crippen LogP contribution < -0.4 is 22.2 Å². The van der Waals surface area contributed by atoms with Crippen LogP contribution in [0.1, 0.15) is 220 Å². The van der Waals surface area contributed by atoms with E-state index in [9.17, 15) is 71.9 Å². The first-order chi connectivity index (χ1) is 72.0. The Morgan fingerprint density at radius 2 is 0.660 bits per heavy atom. The zero-order valence-corrected chi connectivity index (χ0v) is 84.6. The van der Waals surface area contributed by atoms with Gasteiger partial charge in [-0.1, -0.05) is 262 Å². The molecular formula is C121H110F12N12O4S. The molecule has 5 aromatic heterocycles. The Morgan fingerprint density at radius 1 is 0.340 bits per heavy atom. The van der Waals surface area contributed by atoms with Gasteiger partial charge in [-0.15, -0.1) is 11.3 Å². The van der Waals surface area contributed by atoms with Crippen LogP contribution in [-0.2, 0) is 77.1 Å². The number of fused-ring (bicyclic) bond motifs is 5. The molecule has 16 nitrogen and oxygen atoms in total. The molecule has 4 aliphatic rings. The summed E-state index contributed by atoms with van der Waals surface area (Å²) in [5.41, 5.74) is 13.2. The van der Waals surface area contributed by atoms with Gasteiger partial charge in [0.2, 0.25) is 0 Å². The van der Waals surface area contributed by atoms with Gasteiger partial charge in [0.15, 0.2) is 0 Å². The maximum atomic E-state index is 14.2. The fourth-order valence-electron chi connectivity index (χ4n) is 21.1. The molecule has 0 saturated heterocycles. The number of thiophene rings is 1. The second-order valence-corrected chi connectivity index (χ2v) is 39.8. The molecule has 17 aromatic rings. The van der Waals surface area contributed by atoms with E-state index in [0.717, 1.165) is 123 Å². The summed E-state index contributed by atoms with van der Waals surface area (Å²) in [6.45, 7) is 20.9. The van der Waals surface area contributed by atoms with Gasteiger partial charge in [-0.2, -0.15) is 39.5 Å². The molecule has 0 saturated carbocycles. The van der Waals surface area contributed by atoms with Crippen LogP contribution in [0.2, 0.25) is 0 Å². The standard InChI is InChI=1S/C31H30F3N3O.C31H29N3OS.C30H26F5N3O.C29H25F4N3O/c1-20-18-36(21(2)23-14-16-26(17-15-23)31(32,33)34)19-27-28(20)35-22(3)37(30(27)38)29(24-10-6-4-7-11-24)25-12-8-5-9-13-25;1-21-25-15-9-10-16-28(25)36-29(21)20-33-18-17-27-26(19-33)31(35)34(22(2)32-27)30(23-11-5-3-6-12-23)24-13-7-4-8-14-24;1-18(20-3-9-23(10-4-20)30(33,34)35)37-16-15-27-26(17-37)29(39)38(19(2)36-27)28(21-5-11-24(31)12-6-21)22-7-13-25(32)14-8-22;1-19-34-26-14-15-35(17-20-12-13-24(25(30)16-20)29(31,32)33)18-23(26)28(37)36(19)27(21-8-4-2-5-9-21)22-10-6-3-7-11-22/h4-17,20-21,29H,18-19H2,1-3H3;3-16,30H,17-20H2,1-2H3;3-14,18,28H,15-17H2,1-2H3;2-13,16,27H,14-15,17-18H2,1H3. The van der Waals surface area contributed by atoms with Gasteiger partial charge >= 0.3 is 18.5 Å².